The molecule has 0 saturated carbocycles. The monoisotopic (exact) mass is 220 g/mol. The first kappa shape index (κ1) is 12.0. The quantitative estimate of drug-likeness (QED) is 0.765. The standard InChI is InChI=1S/C12H12O4/c1-7-3-4-9(6-10(7)12(15)16)8(2)5-11(13)14/h3-6H,1-2H3,(H,13,14)(H,15,16)/b8-5+. The molecule has 0 atom stereocenters. The van der Waals surface area contributed by atoms with Crippen molar-refractivity contribution in [3.8, 4) is 0 Å². The molecular formula is C12H12O4. The first-order chi connectivity index (χ1) is 7.41. The van der Waals surface area contributed by atoms with Crippen LogP contribution in [0.3, 0.4) is 0 Å². The normalized spacial score (nSPS) is 11.2. The van der Waals surface area contributed by atoms with Crippen molar-refractivity contribution in [2.24, 2.45) is 0 Å². The number of carboxylic acids is 2. The van der Waals surface area contributed by atoms with Gasteiger partial charge in [0.2, 0.25) is 0 Å². The molecule has 0 aliphatic carbocycles. The molecule has 0 unspecified atom stereocenters. The highest BCUT2D eigenvalue weighted by molar-refractivity contribution is 5.93. The SMILES string of the molecule is C/C(=C\C(=O)O)c1ccc(C)c(C(=O)O)c1. The summed E-state index contributed by atoms with van der Waals surface area (Å²) >= 11 is 0. The van der Waals surface area contributed by atoms with Gasteiger partial charge < -0.3 is 10.2 Å². The number of allylic oxidation sites excluding steroid dienone is 1. The van der Waals surface area contributed by atoms with Crippen LogP contribution in [0.1, 0.15) is 28.4 Å². The number of aryl methyl sites for hydroxylation is 1. The van der Waals surface area contributed by atoms with Crippen LogP contribution in [0, 0.1) is 6.92 Å². The zero-order valence-corrected chi connectivity index (χ0v) is 9.02. The second-order valence-corrected chi connectivity index (χ2v) is 3.50. The van der Waals surface area contributed by atoms with E-state index in [1.54, 1.807) is 26.0 Å². The van der Waals surface area contributed by atoms with E-state index in [0.717, 1.165) is 6.08 Å². The molecule has 16 heavy (non-hydrogen) atoms. The average molecular weight is 220 g/mol. The zero-order chi connectivity index (χ0) is 12.3. The van der Waals surface area contributed by atoms with Crippen molar-refractivity contribution < 1.29 is 19.8 Å². The van der Waals surface area contributed by atoms with Crippen molar-refractivity contribution >= 4 is 17.5 Å². The van der Waals surface area contributed by atoms with Gasteiger partial charge in [0.15, 0.2) is 0 Å². The number of aliphatic carboxylic acids is 1. The van der Waals surface area contributed by atoms with Gasteiger partial charge in [-0.05, 0) is 36.6 Å². The summed E-state index contributed by atoms with van der Waals surface area (Å²) in [5.74, 6) is -2.06. The molecule has 0 heterocycles. The number of hydrogen-bond donors (Lipinski definition) is 2. The fourth-order valence-electron chi connectivity index (χ4n) is 1.37. The molecular weight excluding hydrogens is 208 g/mol. The van der Waals surface area contributed by atoms with Crippen LogP contribution in [0.4, 0.5) is 0 Å². The molecule has 1 aromatic carbocycles. The Morgan fingerprint density at radius 3 is 2.38 bits per heavy atom. The summed E-state index contributed by atoms with van der Waals surface area (Å²) in [5, 5.41) is 17.5. The van der Waals surface area contributed by atoms with Crippen LogP contribution >= 0.6 is 0 Å². The third-order valence-corrected chi connectivity index (χ3v) is 2.26. The molecule has 0 radical (unpaired) electrons. The van der Waals surface area contributed by atoms with Gasteiger partial charge in [-0.15, -0.1) is 0 Å². The zero-order valence-electron chi connectivity index (χ0n) is 9.02. The molecule has 2 N–H and O–H groups in total. The molecule has 0 fully saturated rings. The number of hydrogen-bond acceptors (Lipinski definition) is 2. The summed E-state index contributed by atoms with van der Waals surface area (Å²) in [4.78, 5) is 21.4. The second-order valence-electron chi connectivity index (χ2n) is 3.50. The third-order valence-electron chi connectivity index (χ3n) is 2.26. The highest BCUT2D eigenvalue weighted by atomic mass is 16.4. The van der Waals surface area contributed by atoms with E-state index in [0.29, 0.717) is 16.7 Å². The predicted molar refractivity (Wildman–Crippen MR) is 59.4 cm³/mol. The lowest BCUT2D eigenvalue weighted by Gasteiger charge is -2.05. The highest BCUT2D eigenvalue weighted by Crippen LogP contribution is 2.18. The molecule has 0 saturated heterocycles. The van der Waals surface area contributed by atoms with Gasteiger partial charge in [0.05, 0.1) is 5.56 Å². The van der Waals surface area contributed by atoms with Gasteiger partial charge in [0, 0.05) is 6.08 Å². The van der Waals surface area contributed by atoms with Crippen LogP contribution in [-0.4, -0.2) is 22.2 Å². The fraction of sp³-hybridized carbons (Fsp3) is 0.167. The molecule has 0 aliphatic heterocycles. The van der Waals surface area contributed by atoms with E-state index >= 15 is 0 Å². The molecule has 0 spiro atoms. The minimum absolute atomic E-state index is 0.190. The Morgan fingerprint density at radius 2 is 1.88 bits per heavy atom. The van der Waals surface area contributed by atoms with Crippen LogP contribution < -0.4 is 0 Å². The van der Waals surface area contributed by atoms with Crippen LogP contribution in [0.25, 0.3) is 5.57 Å². The number of carboxylic acid groups (broad SMARTS) is 2. The minimum atomic E-state index is -1.05. The van der Waals surface area contributed by atoms with Gasteiger partial charge >= 0.3 is 11.9 Å². The Morgan fingerprint density at radius 1 is 1.25 bits per heavy atom. The lowest BCUT2D eigenvalue weighted by atomic mass is 10.0. The molecule has 1 rings (SSSR count). The summed E-state index contributed by atoms with van der Waals surface area (Å²) in [5.41, 5.74) is 1.97. The van der Waals surface area contributed by atoms with Gasteiger partial charge in [0.25, 0.3) is 0 Å². The maximum Gasteiger partial charge on any atom is 0.335 e. The summed E-state index contributed by atoms with van der Waals surface area (Å²) in [7, 11) is 0. The lowest BCUT2D eigenvalue weighted by Crippen LogP contribution is -2.00. The van der Waals surface area contributed by atoms with Crippen molar-refractivity contribution in [1.29, 1.82) is 0 Å². The highest BCUT2D eigenvalue weighted by Gasteiger charge is 2.08. The Kier molecular flexibility index (Phi) is 3.45. The molecule has 0 aromatic heterocycles. The summed E-state index contributed by atoms with van der Waals surface area (Å²) in [6.07, 6.45) is 1.05. The smallest absolute Gasteiger partial charge is 0.335 e. The lowest BCUT2D eigenvalue weighted by molar-refractivity contribution is -0.131. The topological polar surface area (TPSA) is 74.6 Å². The van der Waals surface area contributed by atoms with E-state index < -0.39 is 11.9 Å². The average Bonchev–Trinajstić information content (AvgIpc) is 2.16. The third kappa shape index (κ3) is 2.70. The van der Waals surface area contributed by atoms with Gasteiger partial charge in [-0.1, -0.05) is 12.1 Å². The summed E-state index contributed by atoms with van der Waals surface area (Å²) in [6, 6.07) is 4.85. The Balaban J connectivity index is 3.23. The molecule has 0 bridgehead atoms. The van der Waals surface area contributed by atoms with Crippen molar-refractivity contribution in [3.05, 3.63) is 41.0 Å². The predicted octanol–water partition coefficient (Wildman–Crippen LogP) is 2.18. The van der Waals surface area contributed by atoms with Gasteiger partial charge in [-0.2, -0.15) is 0 Å². The van der Waals surface area contributed by atoms with Crippen LogP contribution in [0.5, 0.6) is 0 Å². The van der Waals surface area contributed by atoms with E-state index in [9.17, 15) is 9.59 Å². The Hall–Kier alpha value is -2.10. The van der Waals surface area contributed by atoms with E-state index in [2.05, 4.69) is 0 Å². The molecule has 1 aromatic rings. The van der Waals surface area contributed by atoms with Crippen LogP contribution in [0.15, 0.2) is 24.3 Å². The van der Waals surface area contributed by atoms with Crippen molar-refractivity contribution in [2.75, 3.05) is 0 Å². The molecule has 84 valence electrons. The fourth-order valence-corrected chi connectivity index (χ4v) is 1.37. The Bertz CT molecular complexity index is 472. The number of aromatic carboxylic acids is 1. The van der Waals surface area contributed by atoms with E-state index in [-0.39, 0.29) is 5.56 Å². The number of carbonyl (C=O) groups is 2. The Labute approximate surface area is 92.8 Å². The van der Waals surface area contributed by atoms with E-state index in [4.69, 9.17) is 10.2 Å². The van der Waals surface area contributed by atoms with Crippen molar-refractivity contribution in [2.45, 2.75) is 13.8 Å². The molecule has 4 nitrogen and oxygen atoms in total. The maximum atomic E-state index is 10.9. The summed E-state index contributed by atoms with van der Waals surface area (Å²) in [6.45, 7) is 3.33. The molecule has 0 amide bonds. The van der Waals surface area contributed by atoms with E-state index in [1.165, 1.54) is 6.07 Å². The van der Waals surface area contributed by atoms with Crippen molar-refractivity contribution in [1.82, 2.24) is 0 Å². The van der Waals surface area contributed by atoms with Gasteiger partial charge in [-0.25, -0.2) is 9.59 Å². The number of rotatable bonds is 3. The van der Waals surface area contributed by atoms with Crippen LogP contribution in [-0.2, 0) is 4.79 Å². The minimum Gasteiger partial charge on any atom is -0.478 e. The first-order valence-corrected chi connectivity index (χ1v) is 4.67. The first-order valence-electron chi connectivity index (χ1n) is 4.67. The van der Waals surface area contributed by atoms with Crippen molar-refractivity contribution in [3.63, 3.8) is 0 Å². The largest absolute Gasteiger partial charge is 0.478 e. The van der Waals surface area contributed by atoms with Gasteiger partial charge in [0.1, 0.15) is 0 Å². The molecule has 4 heteroatoms. The van der Waals surface area contributed by atoms with Crippen LogP contribution in [0.2, 0.25) is 0 Å². The second kappa shape index (κ2) is 4.61. The maximum absolute atomic E-state index is 10.9. The summed E-state index contributed by atoms with van der Waals surface area (Å²) < 4.78 is 0. The van der Waals surface area contributed by atoms with Gasteiger partial charge in [-0.3, -0.25) is 0 Å². The number of benzene rings is 1. The molecule has 0 aliphatic rings. The van der Waals surface area contributed by atoms with E-state index in [1.807, 2.05) is 0 Å².